The number of hydrogen-bond donors (Lipinski definition) is 1. The summed E-state index contributed by atoms with van der Waals surface area (Å²) in [7, 11) is -2.11. The van der Waals surface area contributed by atoms with Crippen molar-refractivity contribution in [2.45, 2.75) is 25.3 Å². The first-order valence-corrected chi connectivity index (χ1v) is 8.06. The lowest BCUT2D eigenvalue weighted by molar-refractivity contribution is 0.280. The Bertz CT molecular complexity index is 754. The average Bonchev–Trinajstić information content (AvgIpc) is 2.46. The minimum Gasteiger partial charge on any atom is -0.392 e. The quantitative estimate of drug-likeness (QED) is 0.944. The molecule has 0 amide bonds. The predicted molar refractivity (Wildman–Crippen MR) is 83.9 cm³/mol. The van der Waals surface area contributed by atoms with Crippen molar-refractivity contribution < 1.29 is 13.5 Å². The van der Waals surface area contributed by atoms with Gasteiger partial charge in [-0.15, -0.1) is 0 Å². The summed E-state index contributed by atoms with van der Waals surface area (Å²) in [6, 6.07) is 12.1. The van der Waals surface area contributed by atoms with Gasteiger partial charge in [-0.1, -0.05) is 18.2 Å². The minimum absolute atomic E-state index is 0.177. The van der Waals surface area contributed by atoms with Crippen molar-refractivity contribution in [2.24, 2.45) is 0 Å². The molecule has 112 valence electrons. The smallest absolute Gasteiger partial charge is 0.264 e. The van der Waals surface area contributed by atoms with Crippen molar-refractivity contribution in [3.8, 4) is 0 Å². The van der Waals surface area contributed by atoms with Gasteiger partial charge >= 0.3 is 0 Å². The number of anilines is 1. The van der Waals surface area contributed by atoms with Crippen LogP contribution in [0.2, 0.25) is 0 Å². The maximum atomic E-state index is 12.7. The Kier molecular flexibility index (Phi) is 4.34. The zero-order valence-corrected chi connectivity index (χ0v) is 13.2. The largest absolute Gasteiger partial charge is 0.392 e. The van der Waals surface area contributed by atoms with E-state index in [0.29, 0.717) is 11.3 Å². The topological polar surface area (TPSA) is 57.6 Å². The molecule has 2 aromatic carbocycles. The van der Waals surface area contributed by atoms with Crippen LogP contribution in [0.25, 0.3) is 0 Å². The summed E-state index contributed by atoms with van der Waals surface area (Å²) >= 11 is 0. The molecule has 0 radical (unpaired) electrons. The molecule has 0 heterocycles. The lowest BCUT2D eigenvalue weighted by Crippen LogP contribution is -2.26. The minimum atomic E-state index is -3.64. The molecule has 5 heteroatoms. The molecule has 0 atom stereocenters. The fraction of sp³-hybridized carbons (Fsp3) is 0.250. The van der Waals surface area contributed by atoms with Crippen molar-refractivity contribution in [2.75, 3.05) is 11.4 Å². The molecule has 2 rings (SSSR count). The normalized spacial score (nSPS) is 11.4. The average molecular weight is 305 g/mol. The summed E-state index contributed by atoms with van der Waals surface area (Å²) in [6.07, 6.45) is 0. The van der Waals surface area contributed by atoms with Crippen LogP contribution in [0.5, 0.6) is 0 Å². The number of aliphatic hydroxyl groups is 1. The third-order valence-electron chi connectivity index (χ3n) is 3.51. The van der Waals surface area contributed by atoms with Crippen molar-refractivity contribution >= 4 is 15.7 Å². The zero-order valence-electron chi connectivity index (χ0n) is 12.4. The van der Waals surface area contributed by atoms with Gasteiger partial charge in [0.1, 0.15) is 0 Å². The second-order valence-corrected chi connectivity index (χ2v) is 7.03. The van der Waals surface area contributed by atoms with E-state index in [0.717, 1.165) is 11.1 Å². The molecule has 0 aromatic heterocycles. The fourth-order valence-electron chi connectivity index (χ4n) is 2.10. The maximum absolute atomic E-state index is 12.7. The molecule has 0 saturated carbocycles. The molecule has 4 nitrogen and oxygen atoms in total. The standard InChI is InChI=1S/C16H19NO3S/c1-12-5-4-6-15(9-12)17(3)21(19,20)16-8-7-13(2)14(10-16)11-18/h4-10,18H,11H2,1-3H3. The lowest BCUT2D eigenvalue weighted by Gasteiger charge is -2.20. The van der Waals surface area contributed by atoms with Gasteiger partial charge in [0, 0.05) is 7.05 Å². The summed E-state index contributed by atoms with van der Waals surface area (Å²) < 4.78 is 26.6. The summed E-state index contributed by atoms with van der Waals surface area (Å²) in [5.41, 5.74) is 3.10. The molecule has 0 unspecified atom stereocenters. The first-order valence-electron chi connectivity index (χ1n) is 6.62. The van der Waals surface area contributed by atoms with Crippen molar-refractivity contribution in [1.29, 1.82) is 0 Å². The van der Waals surface area contributed by atoms with E-state index in [9.17, 15) is 13.5 Å². The molecule has 0 aliphatic carbocycles. The third-order valence-corrected chi connectivity index (χ3v) is 5.30. The van der Waals surface area contributed by atoms with Crippen LogP contribution in [0.4, 0.5) is 5.69 Å². The van der Waals surface area contributed by atoms with E-state index in [-0.39, 0.29) is 11.5 Å². The Balaban J connectivity index is 2.46. The van der Waals surface area contributed by atoms with Gasteiger partial charge in [-0.3, -0.25) is 4.31 Å². The van der Waals surface area contributed by atoms with E-state index in [1.807, 2.05) is 32.0 Å². The van der Waals surface area contributed by atoms with Gasteiger partial charge in [0.2, 0.25) is 0 Å². The van der Waals surface area contributed by atoms with E-state index in [4.69, 9.17) is 0 Å². The molecule has 0 aliphatic heterocycles. The van der Waals surface area contributed by atoms with Gasteiger partial charge in [0.05, 0.1) is 17.2 Å². The van der Waals surface area contributed by atoms with Gasteiger partial charge < -0.3 is 5.11 Å². The third kappa shape index (κ3) is 3.09. The van der Waals surface area contributed by atoms with Crippen LogP contribution >= 0.6 is 0 Å². The SMILES string of the molecule is Cc1cccc(N(C)S(=O)(=O)c2ccc(C)c(CO)c2)c1. The summed E-state index contributed by atoms with van der Waals surface area (Å²) in [5, 5.41) is 9.29. The van der Waals surface area contributed by atoms with Gasteiger partial charge in [-0.25, -0.2) is 8.42 Å². The highest BCUT2D eigenvalue weighted by Gasteiger charge is 2.22. The van der Waals surface area contributed by atoms with Crippen molar-refractivity contribution in [1.82, 2.24) is 0 Å². The maximum Gasteiger partial charge on any atom is 0.264 e. The highest BCUT2D eigenvalue weighted by atomic mass is 32.2. The van der Waals surface area contributed by atoms with Gasteiger partial charge in [-0.2, -0.15) is 0 Å². The predicted octanol–water partition coefficient (Wildman–Crippen LogP) is 2.62. The van der Waals surface area contributed by atoms with Crippen LogP contribution in [0, 0.1) is 13.8 Å². The lowest BCUT2D eigenvalue weighted by atomic mass is 10.1. The molecule has 0 fully saturated rings. The molecule has 0 saturated heterocycles. The number of sulfonamides is 1. The Morgan fingerprint density at radius 1 is 1.10 bits per heavy atom. The van der Waals surface area contributed by atoms with Crippen LogP contribution in [0.15, 0.2) is 47.4 Å². The van der Waals surface area contributed by atoms with Crippen molar-refractivity contribution in [3.05, 3.63) is 59.2 Å². The number of aliphatic hydroxyl groups excluding tert-OH is 1. The van der Waals surface area contributed by atoms with Crippen LogP contribution < -0.4 is 4.31 Å². The highest BCUT2D eigenvalue weighted by Crippen LogP contribution is 2.24. The Morgan fingerprint density at radius 3 is 2.43 bits per heavy atom. The number of aryl methyl sites for hydroxylation is 2. The number of benzene rings is 2. The number of hydrogen-bond acceptors (Lipinski definition) is 3. The Hall–Kier alpha value is -1.85. The molecular weight excluding hydrogens is 286 g/mol. The van der Waals surface area contributed by atoms with E-state index < -0.39 is 10.0 Å². The van der Waals surface area contributed by atoms with Crippen molar-refractivity contribution in [3.63, 3.8) is 0 Å². The van der Waals surface area contributed by atoms with E-state index in [1.54, 1.807) is 18.2 Å². The molecule has 0 bridgehead atoms. The molecule has 21 heavy (non-hydrogen) atoms. The highest BCUT2D eigenvalue weighted by molar-refractivity contribution is 7.92. The summed E-state index contributed by atoms with van der Waals surface area (Å²) in [6.45, 7) is 3.58. The molecule has 0 spiro atoms. The molecule has 1 N–H and O–H groups in total. The Labute approximate surface area is 125 Å². The monoisotopic (exact) mass is 305 g/mol. The van der Waals surface area contributed by atoms with Gasteiger partial charge in [0.25, 0.3) is 10.0 Å². The summed E-state index contributed by atoms with van der Waals surface area (Å²) in [4.78, 5) is 0.182. The molecule has 2 aromatic rings. The first-order chi connectivity index (χ1) is 9.86. The van der Waals surface area contributed by atoms with Gasteiger partial charge in [-0.05, 0) is 54.8 Å². The van der Waals surface area contributed by atoms with Crippen LogP contribution in [0.3, 0.4) is 0 Å². The van der Waals surface area contributed by atoms with E-state index in [1.165, 1.54) is 17.4 Å². The molecular formula is C16H19NO3S. The molecule has 0 aliphatic rings. The second-order valence-electron chi connectivity index (χ2n) is 5.06. The Morgan fingerprint density at radius 2 is 1.81 bits per heavy atom. The zero-order chi connectivity index (χ0) is 15.6. The number of nitrogens with zero attached hydrogens (tertiary/aromatic N) is 1. The van der Waals surface area contributed by atoms with E-state index >= 15 is 0 Å². The number of rotatable bonds is 4. The van der Waals surface area contributed by atoms with E-state index in [2.05, 4.69) is 0 Å². The van der Waals surface area contributed by atoms with Crippen LogP contribution in [-0.2, 0) is 16.6 Å². The van der Waals surface area contributed by atoms with Crippen LogP contribution in [0.1, 0.15) is 16.7 Å². The second kappa shape index (κ2) is 5.87. The first kappa shape index (κ1) is 15.5. The summed E-state index contributed by atoms with van der Waals surface area (Å²) in [5.74, 6) is 0. The fourth-order valence-corrected chi connectivity index (χ4v) is 3.34. The van der Waals surface area contributed by atoms with Crippen LogP contribution in [-0.4, -0.2) is 20.6 Å². The van der Waals surface area contributed by atoms with Gasteiger partial charge in [0.15, 0.2) is 0 Å².